The van der Waals surface area contributed by atoms with E-state index in [4.69, 9.17) is 8.83 Å². The van der Waals surface area contributed by atoms with Crippen LogP contribution < -0.4 is 0 Å². The number of hydrogen-bond acceptors (Lipinski definition) is 3. The van der Waals surface area contributed by atoms with Gasteiger partial charge >= 0.3 is 0 Å². The lowest BCUT2D eigenvalue weighted by molar-refractivity contribution is 0.0984. The van der Waals surface area contributed by atoms with Crippen molar-refractivity contribution in [1.82, 2.24) is 0 Å². The van der Waals surface area contributed by atoms with Gasteiger partial charge in [-0.1, -0.05) is 0 Å². The molecule has 3 nitrogen and oxygen atoms in total. The number of ketones is 1. The predicted octanol–water partition coefficient (Wildman–Crippen LogP) is 3.70. The highest BCUT2D eigenvalue weighted by molar-refractivity contribution is 6.07. The Hall–Kier alpha value is -2.36. The van der Waals surface area contributed by atoms with E-state index < -0.39 is 0 Å². The van der Waals surface area contributed by atoms with Gasteiger partial charge in [0.2, 0.25) is 0 Å². The van der Waals surface area contributed by atoms with Crippen molar-refractivity contribution >= 4 is 16.8 Å². The summed E-state index contributed by atoms with van der Waals surface area (Å²) in [5.41, 5.74) is 0.475. The second-order valence-electron chi connectivity index (χ2n) is 4.03. The third-order valence-corrected chi connectivity index (χ3v) is 2.67. The Morgan fingerprint density at radius 3 is 2.61 bits per heavy atom. The summed E-state index contributed by atoms with van der Waals surface area (Å²) >= 11 is 0. The lowest BCUT2D eigenvalue weighted by atomic mass is 10.2. The van der Waals surface area contributed by atoms with E-state index in [0.29, 0.717) is 16.7 Å². The zero-order valence-corrected chi connectivity index (χ0v) is 9.57. The van der Waals surface area contributed by atoms with Gasteiger partial charge in [0.1, 0.15) is 17.2 Å². The van der Waals surface area contributed by atoms with Crippen LogP contribution in [0.15, 0.2) is 45.2 Å². The summed E-state index contributed by atoms with van der Waals surface area (Å²) in [5.74, 6) is 0.299. The van der Waals surface area contributed by atoms with Crippen molar-refractivity contribution in [1.29, 1.82) is 0 Å². The molecule has 0 unspecified atom stereocenters. The highest BCUT2D eigenvalue weighted by atomic mass is 19.1. The smallest absolute Gasteiger partial charge is 0.263 e. The van der Waals surface area contributed by atoms with E-state index in [9.17, 15) is 9.18 Å². The lowest BCUT2D eigenvalue weighted by Gasteiger charge is -1.91. The van der Waals surface area contributed by atoms with Crippen LogP contribution >= 0.6 is 0 Å². The Labute approximate surface area is 102 Å². The highest BCUT2D eigenvalue weighted by Gasteiger charge is 2.17. The zero-order chi connectivity index (χ0) is 12.7. The molecule has 0 amide bonds. The summed E-state index contributed by atoms with van der Waals surface area (Å²) in [6.45, 7) is 1.75. The molecule has 0 aliphatic rings. The van der Waals surface area contributed by atoms with Crippen molar-refractivity contribution in [2.24, 2.45) is 0 Å². The van der Waals surface area contributed by atoms with Crippen molar-refractivity contribution < 1.29 is 18.0 Å². The number of hydrogen-bond donors (Lipinski definition) is 0. The van der Waals surface area contributed by atoms with Crippen LogP contribution in [0, 0.1) is 12.7 Å². The first-order chi connectivity index (χ1) is 8.63. The minimum Gasteiger partial charge on any atom is -0.458 e. The summed E-state index contributed by atoms with van der Waals surface area (Å²) in [6, 6.07) is 8.91. The third kappa shape index (κ3) is 1.72. The Kier molecular flexibility index (Phi) is 2.30. The Morgan fingerprint density at radius 2 is 1.89 bits per heavy atom. The second kappa shape index (κ2) is 3.84. The monoisotopic (exact) mass is 244 g/mol. The molecule has 0 fully saturated rings. The average Bonchev–Trinajstić information content (AvgIpc) is 2.93. The summed E-state index contributed by atoms with van der Waals surface area (Å²) in [7, 11) is 0. The zero-order valence-electron chi connectivity index (χ0n) is 9.57. The van der Waals surface area contributed by atoms with Crippen molar-refractivity contribution in [2.75, 3.05) is 0 Å². The molecule has 0 aliphatic carbocycles. The van der Waals surface area contributed by atoms with E-state index in [-0.39, 0.29) is 23.1 Å². The standard InChI is InChI=1S/C14H9FO3/c1-8-2-4-12(17-8)14(16)13-7-9-6-10(15)3-5-11(9)18-13/h2-7H,1H3. The van der Waals surface area contributed by atoms with Crippen LogP contribution in [-0.2, 0) is 0 Å². The first kappa shape index (κ1) is 10.8. The molecule has 0 aliphatic heterocycles. The van der Waals surface area contributed by atoms with Crippen molar-refractivity contribution in [3.63, 3.8) is 0 Å². The van der Waals surface area contributed by atoms with Crippen LogP contribution in [0.25, 0.3) is 11.0 Å². The number of benzene rings is 1. The topological polar surface area (TPSA) is 43.4 Å². The maximum absolute atomic E-state index is 13.0. The van der Waals surface area contributed by atoms with E-state index in [1.165, 1.54) is 24.3 Å². The fourth-order valence-electron chi connectivity index (χ4n) is 1.80. The van der Waals surface area contributed by atoms with Gasteiger partial charge in [0.25, 0.3) is 5.78 Å². The van der Waals surface area contributed by atoms with Gasteiger partial charge in [0, 0.05) is 5.39 Å². The number of halogens is 1. The summed E-state index contributed by atoms with van der Waals surface area (Å²) in [4.78, 5) is 12.0. The third-order valence-electron chi connectivity index (χ3n) is 2.67. The van der Waals surface area contributed by atoms with Gasteiger partial charge in [-0.15, -0.1) is 0 Å². The van der Waals surface area contributed by atoms with E-state index in [0.717, 1.165) is 0 Å². The fourth-order valence-corrected chi connectivity index (χ4v) is 1.80. The molecule has 0 atom stereocenters. The van der Waals surface area contributed by atoms with Gasteiger partial charge in [-0.05, 0) is 43.3 Å². The lowest BCUT2D eigenvalue weighted by Crippen LogP contribution is -1.96. The molecule has 0 saturated carbocycles. The average molecular weight is 244 g/mol. The van der Waals surface area contributed by atoms with Crippen molar-refractivity contribution in [3.05, 3.63) is 59.5 Å². The quantitative estimate of drug-likeness (QED) is 0.645. The molecule has 0 radical (unpaired) electrons. The molecular weight excluding hydrogens is 235 g/mol. The minimum absolute atomic E-state index is 0.143. The molecule has 0 saturated heterocycles. The molecule has 3 aromatic rings. The molecule has 2 aromatic heterocycles. The molecule has 2 heterocycles. The number of furan rings is 2. The van der Waals surface area contributed by atoms with Crippen LogP contribution in [-0.4, -0.2) is 5.78 Å². The Morgan fingerprint density at radius 1 is 1.06 bits per heavy atom. The van der Waals surface area contributed by atoms with Crippen molar-refractivity contribution in [2.45, 2.75) is 6.92 Å². The number of aryl methyl sites for hydroxylation is 1. The van der Waals surface area contributed by atoms with Gasteiger partial charge in [-0.25, -0.2) is 4.39 Å². The molecule has 18 heavy (non-hydrogen) atoms. The van der Waals surface area contributed by atoms with Gasteiger partial charge < -0.3 is 8.83 Å². The first-order valence-electron chi connectivity index (χ1n) is 5.44. The van der Waals surface area contributed by atoms with E-state index in [1.54, 1.807) is 19.1 Å². The number of carbonyl (C=O) groups excluding carboxylic acids is 1. The largest absolute Gasteiger partial charge is 0.458 e. The fraction of sp³-hybridized carbons (Fsp3) is 0.0714. The van der Waals surface area contributed by atoms with E-state index in [1.807, 2.05) is 0 Å². The molecule has 90 valence electrons. The van der Waals surface area contributed by atoms with Gasteiger partial charge in [-0.3, -0.25) is 4.79 Å². The summed E-state index contributed by atoms with van der Waals surface area (Å²) in [6.07, 6.45) is 0. The predicted molar refractivity (Wildman–Crippen MR) is 63.0 cm³/mol. The molecule has 0 spiro atoms. The maximum atomic E-state index is 13.0. The Balaban J connectivity index is 2.06. The number of carbonyl (C=O) groups is 1. The molecule has 1 aromatic carbocycles. The first-order valence-corrected chi connectivity index (χ1v) is 5.44. The molecule has 0 N–H and O–H groups in total. The molecule has 0 bridgehead atoms. The normalized spacial score (nSPS) is 11.0. The van der Waals surface area contributed by atoms with Gasteiger partial charge in [0.15, 0.2) is 11.5 Å². The van der Waals surface area contributed by atoms with Crippen LogP contribution in [0.5, 0.6) is 0 Å². The molecular formula is C14H9FO3. The van der Waals surface area contributed by atoms with Crippen LogP contribution in [0.1, 0.15) is 22.1 Å². The van der Waals surface area contributed by atoms with E-state index in [2.05, 4.69) is 0 Å². The minimum atomic E-state index is -0.365. The summed E-state index contributed by atoms with van der Waals surface area (Å²) in [5, 5.41) is 0.557. The SMILES string of the molecule is Cc1ccc(C(=O)c2cc3cc(F)ccc3o2)o1. The van der Waals surface area contributed by atoms with E-state index >= 15 is 0 Å². The Bertz CT molecular complexity index is 736. The highest BCUT2D eigenvalue weighted by Crippen LogP contribution is 2.23. The maximum Gasteiger partial charge on any atom is 0.263 e. The summed E-state index contributed by atoms with van der Waals surface area (Å²) < 4.78 is 23.6. The van der Waals surface area contributed by atoms with Crippen LogP contribution in [0.2, 0.25) is 0 Å². The molecule has 4 heteroatoms. The number of rotatable bonds is 2. The second-order valence-corrected chi connectivity index (χ2v) is 4.03. The molecule has 3 rings (SSSR count). The van der Waals surface area contributed by atoms with Crippen LogP contribution in [0.3, 0.4) is 0 Å². The van der Waals surface area contributed by atoms with Gasteiger partial charge in [0.05, 0.1) is 0 Å². The van der Waals surface area contributed by atoms with Gasteiger partial charge in [-0.2, -0.15) is 0 Å². The van der Waals surface area contributed by atoms with Crippen LogP contribution in [0.4, 0.5) is 4.39 Å². The van der Waals surface area contributed by atoms with Crippen molar-refractivity contribution in [3.8, 4) is 0 Å². The number of fused-ring (bicyclic) bond motifs is 1.